The minimum absolute atomic E-state index is 0.107. The second-order valence-electron chi connectivity index (χ2n) is 7.39. The Morgan fingerprint density at radius 2 is 1.77 bits per heavy atom. The Kier molecular flexibility index (Phi) is 6.82. The average Bonchev–Trinajstić information content (AvgIpc) is 2.99. The highest BCUT2D eigenvalue weighted by atomic mass is 19.1. The minimum atomic E-state index is -0.225. The Balaban J connectivity index is 1.43. The number of hydrogen-bond acceptors (Lipinski definition) is 3. The molecule has 6 nitrogen and oxygen atoms in total. The topological polar surface area (TPSA) is 73.8 Å². The first-order valence-corrected chi connectivity index (χ1v) is 10.1. The molecule has 3 rings (SSSR count). The van der Waals surface area contributed by atoms with E-state index >= 15 is 0 Å². The molecule has 2 N–H and O–H groups in total. The fraction of sp³-hybridized carbons (Fsp3) is 0.348. The van der Waals surface area contributed by atoms with E-state index in [1.807, 2.05) is 13.0 Å². The van der Waals surface area contributed by atoms with Gasteiger partial charge in [0.1, 0.15) is 5.82 Å². The summed E-state index contributed by atoms with van der Waals surface area (Å²) in [6, 6.07) is 12.0. The summed E-state index contributed by atoms with van der Waals surface area (Å²) in [6.07, 6.45) is 1.45. The predicted octanol–water partition coefficient (Wildman–Crippen LogP) is 3.44. The molecule has 30 heavy (non-hydrogen) atoms. The maximum Gasteiger partial charge on any atom is 0.261 e. The number of imide groups is 1. The van der Waals surface area contributed by atoms with Gasteiger partial charge in [-0.05, 0) is 56.0 Å². The number of halogens is 1. The quantitative estimate of drug-likeness (QED) is 0.317. The zero-order valence-corrected chi connectivity index (χ0v) is 17.5. The van der Waals surface area contributed by atoms with Gasteiger partial charge >= 0.3 is 0 Å². The Morgan fingerprint density at radius 3 is 2.37 bits per heavy atom. The lowest BCUT2D eigenvalue weighted by Crippen LogP contribution is -2.39. The van der Waals surface area contributed by atoms with Crippen LogP contribution in [0.15, 0.2) is 47.5 Å². The monoisotopic (exact) mass is 410 g/mol. The third-order valence-corrected chi connectivity index (χ3v) is 5.25. The molecule has 1 atom stereocenters. The molecule has 0 radical (unpaired) electrons. The fourth-order valence-corrected chi connectivity index (χ4v) is 3.41. The van der Waals surface area contributed by atoms with Crippen LogP contribution in [-0.2, 0) is 0 Å². The highest BCUT2D eigenvalue weighted by molar-refractivity contribution is 6.21. The van der Waals surface area contributed by atoms with Gasteiger partial charge < -0.3 is 10.6 Å². The van der Waals surface area contributed by atoms with Crippen molar-refractivity contribution in [3.8, 4) is 0 Å². The molecule has 0 spiro atoms. The number of guanidine groups is 1. The number of unbranched alkanes of at least 4 members (excludes halogenated alkanes) is 1. The van der Waals surface area contributed by atoms with E-state index in [4.69, 9.17) is 0 Å². The van der Waals surface area contributed by atoms with E-state index in [1.165, 1.54) is 11.0 Å². The maximum absolute atomic E-state index is 13.8. The van der Waals surface area contributed by atoms with Gasteiger partial charge in [0.05, 0.1) is 17.2 Å². The first-order valence-electron chi connectivity index (χ1n) is 10.1. The number of fused-ring (bicyclic) bond motifs is 1. The van der Waals surface area contributed by atoms with Gasteiger partial charge in [0, 0.05) is 20.1 Å². The first kappa shape index (κ1) is 21.5. The SMILES string of the molecule is CN=C(NCCCCN1C(=O)c2ccccc2C1=O)NC(C)c1ccc(C)c(F)c1. The molecule has 0 saturated carbocycles. The smallest absolute Gasteiger partial charge is 0.261 e. The molecule has 0 bridgehead atoms. The zero-order chi connectivity index (χ0) is 21.7. The standard InChI is InChI=1S/C23H27FN4O2/c1-15-10-11-17(14-20(15)24)16(2)27-23(25-3)26-12-6-7-13-28-21(29)18-8-4-5-9-19(18)22(28)30/h4-5,8-11,14,16H,6-7,12-13H2,1-3H3,(H2,25,26,27). The van der Waals surface area contributed by atoms with Crippen molar-refractivity contribution >= 4 is 17.8 Å². The van der Waals surface area contributed by atoms with Gasteiger partial charge in [0.2, 0.25) is 0 Å². The molecule has 1 aliphatic rings. The summed E-state index contributed by atoms with van der Waals surface area (Å²) in [5, 5.41) is 6.46. The number of amides is 2. The van der Waals surface area contributed by atoms with Crippen LogP contribution in [0.4, 0.5) is 4.39 Å². The predicted molar refractivity (Wildman–Crippen MR) is 115 cm³/mol. The van der Waals surface area contributed by atoms with Gasteiger partial charge in [-0.2, -0.15) is 0 Å². The molecule has 0 aromatic heterocycles. The van der Waals surface area contributed by atoms with Crippen molar-refractivity contribution in [1.29, 1.82) is 0 Å². The van der Waals surface area contributed by atoms with Crippen molar-refractivity contribution in [2.45, 2.75) is 32.7 Å². The van der Waals surface area contributed by atoms with E-state index in [1.54, 1.807) is 44.3 Å². The number of carbonyl (C=O) groups is 2. The number of aryl methyl sites for hydroxylation is 1. The highest BCUT2D eigenvalue weighted by Crippen LogP contribution is 2.22. The zero-order valence-electron chi connectivity index (χ0n) is 17.5. The molecule has 158 valence electrons. The second-order valence-corrected chi connectivity index (χ2v) is 7.39. The summed E-state index contributed by atoms with van der Waals surface area (Å²) in [7, 11) is 1.68. The Bertz CT molecular complexity index is 938. The summed E-state index contributed by atoms with van der Waals surface area (Å²) in [4.78, 5) is 30.2. The lowest BCUT2D eigenvalue weighted by Gasteiger charge is -2.19. The van der Waals surface area contributed by atoms with Crippen LogP contribution in [0, 0.1) is 12.7 Å². The van der Waals surface area contributed by atoms with Crippen molar-refractivity contribution in [2.24, 2.45) is 4.99 Å². The van der Waals surface area contributed by atoms with Crippen molar-refractivity contribution in [3.63, 3.8) is 0 Å². The van der Waals surface area contributed by atoms with E-state index in [0.29, 0.717) is 42.2 Å². The van der Waals surface area contributed by atoms with Crippen molar-refractivity contribution < 1.29 is 14.0 Å². The van der Waals surface area contributed by atoms with Crippen LogP contribution in [0.2, 0.25) is 0 Å². The number of benzene rings is 2. The van der Waals surface area contributed by atoms with Crippen LogP contribution < -0.4 is 10.6 Å². The number of nitrogens with zero attached hydrogens (tertiary/aromatic N) is 2. The Morgan fingerprint density at radius 1 is 1.10 bits per heavy atom. The molecule has 1 aliphatic heterocycles. The molecule has 2 aromatic rings. The minimum Gasteiger partial charge on any atom is -0.356 e. The summed E-state index contributed by atoms with van der Waals surface area (Å²) in [6.45, 7) is 4.70. The molecule has 7 heteroatoms. The molecule has 1 heterocycles. The van der Waals surface area contributed by atoms with Crippen LogP contribution in [-0.4, -0.2) is 42.8 Å². The molecule has 2 amide bonds. The lowest BCUT2D eigenvalue weighted by molar-refractivity contribution is 0.0652. The van der Waals surface area contributed by atoms with Gasteiger partial charge in [-0.1, -0.05) is 24.3 Å². The normalized spacial score (nSPS) is 14.7. The molecular weight excluding hydrogens is 383 g/mol. The summed E-state index contributed by atoms with van der Waals surface area (Å²) >= 11 is 0. The van der Waals surface area contributed by atoms with Crippen LogP contribution in [0.3, 0.4) is 0 Å². The third kappa shape index (κ3) is 4.67. The van der Waals surface area contributed by atoms with Crippen molar-refractivity contribution in [3.05, 3.63) is 70.5 Å². The van der Waals surface area contributed by atoms with E-state index in [0.717, 1.165) is 12.0 Å². The van der Waals surface area contributed by atoms with Gasteiger partial charge in [0.25, 0.3) is 11.8 Å². The molecule has 0 fully saturated rings. The fourth-order valence-electron chi connectivity index (χ4n) is 3.41. The molecule has 2 aromatic carbocycles. The Hall–Kier alpha value is -3.22. The molecule has 0 saturated heterocycles. The second kappa shape index (κ2) is 9.52. The number of aliphatic imine (C=N–C) groups is 1. The van der Waals surface area contributed by atoms with Crippen LogP contribution in [0.5, 0.6) is 0 Å². The van der Waals surface area contributed by atoms with Gasteiger partial charge in [-0.3, -0.25) is 19.5 Å². The summed E-state index contributed by atoms with van der Waals surface area (Å²) < 4.78 is 13.8. The molecule has 1 unspecified atom stereocenters. The van der Waals surface area contributed by atoms with Crippen molar-refractivity contribution in [2.75, 3.05) is 20.1 Å². The number of carbonyl (C=O) groups excluding carboxylic acids is 2. The largest absolute Gasteiger partial charge is 0.356 e. The number of rotatable bonds is 7. The first-order chi connectivity index (χ1) is 14.4. The van der Waals surface area contributed by atoms with E-state index < -0.39 is 0 Å². The number of hydrogen-bond donors (Lipinski definition) is 2. The molecular formula is C23H27FN4O2. The summed E-state index contributed by atoms with van der Waals surface area (Å²) in [5.41, 5.74) is 2.41. The highest BCUT2D eigenvalue weighted by Gasteiger charge is 2.34. The van der Waals surface area contributed by atoms with E-state index in [-0.39, 0.29) is 23.7 Å². The Labute approximate surface area is 176 Å². The average molecular weight is 410 g/mol. The van der Waals surface area contributed by atoms with E-state index in [9.17, 15) is 14.0 Å². The molecule has 0 aliphatic carbocycles. The lowest BCUT2D eigenvalue weighted by atomic mass is 10.1. The van der Waals surface area contributed by atoms with Crippen molar-refractivity contribution in [1.82, 2.24) is 15.5 Å². The number of nitrogens with one attached hydrogen (secondary N) is 2. The van der Waals surface area contributed by atoms with Crippen LogP contribution in [0.25, 0.3) is 0 Å². The summed E-state index contributed by atoms with van der Waals surface area (Å²) in [5.74, 6) is -0.0538. The van der Waals surface area contributed by atoms with Gasteiger partial charge in [-0.25, -0.2) is 4.39 Å². The van der Waals surface area contributed by atoms with Gasteiger partial charge in [0.15, 0.2) is 5.96 Å². The van der Waals surface area contributed by atoms with Gasteiger partial charge in [-0.15, -0.1) is 0 Å². The third-order valence-electron chi connectivity index (χ3n) is 5.25. The van der Waals surface area contributed by atoms with Crippen LogP contribution in [0.1, 0.15) is 57.7 Å². The van der Waals surface area contributed by atoms with E-state index in [2.05, 4.69) is 15.6 Å². The van der Waals surface area contributed by atoms with Crippen LogP contribution >= 0.6 is 0 Å². The maximum atomic E-state index is 13.8.